The first-order valence-electron chi connectivity index (χ1n) is 5.12. The molecule has 0 fully saturated rings. The van der Waals surface area contributed by atoms with Crippen molar-refractivity contribution in [3.63, 3.8) is 0 Å². The Morgan fingerprint density at radius 3 is 2.82 bits per heavy atom. The third-order valence-electron chi connectivity index (χ3n) is 2.25. The SMILES string of the molecule is Cc1cnc(CSc2ccccc2Br)nc1N. The molecule has 0 spiro atoms. The number of aromatic nitrogens is 2. The van der Waals surface area contributed by atoms with Crippen molar-refractivity contribution in [2.45, 2.75) is 17.6 Å². The summed E-state index contributed by atoms with van der Waals surface area (Å²) in [7, 11) is 0. The number of benzene rings is 1. The minimum absolute atomic E-state index is 0.558. The Balaban J connectivity index is 2.08. The van der Waals surface area contributed by atoms with Crippen LogP contribution in [0, 0.1) is 6.92 Å². The number of rotatable bonds is 3. The number of anilines is 1. The van der Waals surface area contributed by atoms with E-state index in [1.54, 1.807) is 18.0 Å². The van der Waals surface area contributed by atoms with Gasteiger partial charge >= 0.3 is 0 Å². The Labute approximate surface area is 113 Å². The minimum atomic E-state index is 0.558. The van der Waals surface area contributed by atoms with E-state index in [1.807, 2.05) is 25.1 Å². The van der Waals surface area contributed by atoms with E-state index in [-0.39, 0.29) is 0 Å². The predicted octanol–water partition coefficient (Wildman–Crippen LogP) is 3.42. The van der Waals surface area contributed by atoms with E-state index in [2.05, 4.69) is 32.0 Å². The molecule has 1 aromatic carbocycles. The van der Waals surface area contributed by atoms with Crippen LogP contribution in [0.4, 0.5) is 5.82 Å². The van der Waals surface area contributed by atoms with Gasteiger partial charge in [0.2, 0.25) is 0 Å². The molecule has 0 saturated carbocycles. The van der Waals surface area contributed by atoms with Crippen LogP contribution >= 0.6 is 27.7 Å². The molecule has 0 aliphatic rings. The maximum Gasteiger partial charge on any atom is 0.140 e. The number of aryl methyl sites for hydroxylation is 1. The van der Waals surface area contributed by atoms with Gasteiger partial charge in [-0.15, -0.1) is 11.8 Å². The highest BCUT2D eigenvalue weighted by molar-refractivity contribution is 9.10. The molecular weight excluding hydrogens is 298 g/mol. The van der Waals surface area contributed by atoms with Gasteiger partial charge < -0.3 is 5.73 Å². The van der Waals surface area contributed by atoms with Crippen molar-refractivity contribution in [3.05, 3.63) is 46.3 Å². The summed E-state index contributed by atoms with van der Waals surface area (Å²) < 4.78 is 1.09. The molecule has 0 unspecified atom stereocenters. The van der Waals surface area contributed by atoms with Crippen molar-refractivity contribution in [1.29, 1.82) is 0 Å². The molecule has 5 heteroatoms. The molecule has 0 bridgehead atoms. The first-order valence-corrected chi connectivity index (χ1v) is 6.90. The van der Waals surface area contributed by atoms with E-state index in [1.165, 1.54) is 4.90 Å². The average molecular weight is 310 g/mol. The second-order valence-electron chi connectivity index (χ2n) is 3.57. The van der Waals surface area contributed by atoms with Gasteiger partial charge in [-0.3, -0.25) is 0 Å². The molecular formula is C12H12BrN3S. The van der Waals surface area contributed by atoms with E-state index in [4.69, 9.17) is 5.73 Å². The van der Waals surface area contributed by atoms with Crippen molar-refractivity contribution >= 4 is 33.5 Å². The standard InChI is InChI=1S/C12H12BrN3S/c1-8-6-15-11(16-12(8)14)7-17-10-5-3-2-4-9(10)13/h2-6H,7H2,1H3,(H2,14,15,16). The Morgan fingerprint density at radius 2 is 2.12 bits per heavy atom. The number of nitrogens with two attached hydrogens (primary N) is 1. The number of hydrogen-bond donors (Lipinski definition) is 1. The highest BCUT2D eigenvalue weighted by Crippen LogP contribution is 2.28. The summed E-state index contributed by atoms with van der Waals surface area (Å²) in [4.78, 5) is 9.68. The fourth-order valence-electron chi connectivity index (χ4n) is 1.27. The Hall–Kier alpha value is -1.07. The second-order valence-corrected chi connectivity index (χ2v) is 5.45. The lowest BCUT2D eigenvalue weighted by Crippen LogP contribution is -2.00. The number of nitrogens with zero attached hydrogens (tertiary/aromatic N) is 2. The lowest BCUT2D eigenvalue weighted by atomic mass is 10.3. The molecule has 17 heavy (non-hydrogen) atoms. The van der Waals surface area contributed by atoms with Gasteiger partial charge in [-0.05, 0) is 35.0 Å². The molecule has 0 aliphatic heterocycles. The number of hydrogen-bond acceptors (Lipinski definition) is 4. The third-order valence-corrected chi connectivity index (χ3v) is 4.28. The van der Waals surface area contributed by atoms with Gasteiger partial charge in [-0.1, -0.05) is 12.1 Å². The van der Waals surface area contributed by atoms with E-state index in [9.17, 15) is 0 Å². The van der Waals surface area contributed by atoms with Gasteiger partial charge in [-0.2, -0.15) is 0 Å². The van der Waals surface area contributed by atoms with Crippen molar-refractivity contribution in [2.75, 3.05) is 5.73 Å². The van der Waals surface area contributed by atoms with Crippen LogP contribution in [0.2, 0.25) is 0 Å². The van der Waals surface area contributed by atoms with Crippen molar-refractivity contribution in [3.8, 4) is 0 Å². The fraction of sp³-hybridized carbons (Fsp3) is 0.167. The number of nitrogen functional groups attached to an aromatic ring is 1. The first-order chi connectivity index (χ1) is 8.16. The van der Waals surface area contributed by atoms with E-state index < -0.39 is 0 Å². The van der Waals surface area contributed by atoms with Crippen LogP contribution in [0.15, 0.2) is 39.8 Å². The zero-order valence-corrected chi connectivity index (χ0v) is 11.8. The van der Waals surface area contributed by atoms with Gasteiger partial charge in [0.05, 0.1) is 5.75 Å². The van der Waals surface area contributed by atoms with Gasteiger partial charge in [0.15, 0.2) is 0 Å². The summed E-state index contributed by atoms with van der Waals surface area (Å²) >= 11 is 5.20. The lowest BCUT2D eigenvalue weighted by Gasteiger charge is -2.04. The summed E-state index contributed by atoms with van der Waals surface area (Å²) in [5.74, 6) is 2.03. The van der Waals surface area contributed by atoms with Gasteiger partial charge in [0.1, 0.15) is 11.6 Å². The fourth-order valence-corrected chi connectivity index (χ4v) is 2.70. The van der Waals surface area contributed by atoms with Crippen LogP contribution in [0.3, 0.4) is 0 Å². The molecule has 0 radical (unpaired) electrons. The van der Waals surface area contributed by atoms with Crippen LogP contribution in [-0.4, -0.2) is 9.97 Å². The van der Waals surface area contributed by atoms with Crippen LogP contribution in [0.25, 0.3) is 0 Å². The Morgan fingerprint density at radius 1 is 1.35 bits per heavy atom. The molecule has 1 heterocycles. The van der Waals surface area contributed by atoms with Crippen LogP contribution < -0.4 is 5.73 Å². The van der Waals surface area contributed by atoms with Crippen LogP contribution in [0.1, 0.15) is 11.4 Å². The smallest absolute Gasteiger partial charge is 0.140 e. The summed E-state index contributed by atoms with van der Waals surface area (Å²) in [6.07, 6.45) is 1.76. The molecule has 0 atom stereocenters. The molecule has 88 valence electrons. The molecule has 0 amide bonds. The monoisotopic (exact) mass is 309 g/mol. The van der Waals surface area contributed by atoms with E-state index in [0.29, 0.717) is 11.6 Å². The van der Waals surface area contributed by atoms with Crippen LogP contribution in [-0.2, 0) is 5.75 Å². The average Bonchev–Trinajstić information content (AvgIpc) is 2.32. The normalized spacial score (nSPS) is 10.5. The van der Waals surface area contributed by atoms with Crippen molar-refractivity contribution in [2.24, 2.45) is 0 Å². The molecule has 0 aliphatic carbocycles. The maximum atomic E-state index is 5.75. The van der Waals surface area contributed by atoms with Crippen LogP contribution in [0.5, 0.6) is 0 Å². The summed E-state index contributed by atoms with van der Waals surface area (Å²) in [5, 5.41) is 0. The predicted molar refractivity (Wildman–Crippen MR) is 74.9 cm³/mol. The Bertz CT molecular complexity index is 531. The lowest BCUT2D eigenvalue weighted by molar-refractivity contribution is 1.02. The molecule has 2 rings (SSSR count). The largest absolute Gasteiger partial charge is 0.383 e. The quantitative estimate of drug-likeness (QED) is 0.883. The van der Waals surface area contributed by atoms with Gasteiger partial charge in [0, 0.05) is 21.1 Å². The third kappa shape index (κ3) is 3.20. The summed E-state index contributed by atoms with van der Waals surface area (Å²) in [6, 6.07) is 8.09. The van der Waals surface area contributed by atoms with Gasteiger partial charge in [-0.25, -0.2) is 9.97 Å². The second kappa shape index (κ2) is 5.51. The minimum Gasteiger partial charge on any atom is -0.383 e. The molecule has 1 aromatic heterocycles. The molecule has 2 aromatic rings. The van der Waals surface area contributed by atoms with E-state index >= 15 is 0 Å². The zero-order valence-electron chi connectivity index (χ0n) is 9.35. The highest BCUT2D eigenvalue weighted by Gasteiger charge is 2.03. The topological polar surface area (TPSA) is 51.8 Å². The Kier molecular flexibility index (Phi) is 4.02. The maximum absolute atomic E-state index is 5.75. The summed E-state index contributed by atoms with van der Waals surface area (Å²) in [5.41, 5.74) is 6.67. The van der Waals surface area contributed by atoms with Crippen molar-refractivity contribution < 1.29 is 0 Å². The number of thioether (sulfide) groups is 1. The van der Waals surface area contributed by atoms with Gasteiger partial charge in [0.25, 0.3) is 0 Å². The van der Waals surface area contributed by atoms with Crippen molar-refractivity contribution in [1.82, 2.24) is 9.97 Å². The summed E-state index contributed by atoms with van der Waals surface area (Å²) in [6.45, 7) is 1.90. The zero-order chi connectivity index (χ0) is 12.3. The molecule has 0 saturated heterocycles. The van der Waals surface area contributed by atoms with E-state index in [0.717, 1.165) is 15.9 Å². The first kappa shape index (κ1) is 12.4. The molecule has 2 N–H and O–H groups in total. The highest BCUT2D eigenvalue weighted by atomic mass is 79.9. The molecule has 3 nitrogen and oxygen atoms in total. The number of halogens is 1.